The summed E-state index contributed by atoms with van der Waals surface area (Å²) in [5.41, 5.74) is 6.10. The molecule has 0 aliphatic heterocycles. The number of rotatable bonds is 5. The van der Waals surface area contributed by atoms with Gasteiger partial charge >= 0.3 is 0 Å². The zero-order valence-corrected chi connectivity index (χ0v) is 14.2. The van der Waals surface area contributed by atoms with Crippen LogP contribution in [-0.2, 0) is 4.79 Å². The van der Waals surface area contributed by atoms with E-state index in [1.165, 1.54) is 0 Å². The zero-order chi connectivity index (χ0) is 16.2. The molecule has 3 unspecified atom stereocenters. The van der Waals surface area contributed by atoms with Gasteiger partial charge < -0.3 is 10.6 Å². The zero-order valence-electron chi connectivity index (χ0n) is 14.2. The van der Waals surface area contributed by atoms with Crippen LogP contribution in [0.2, 0.25) is 0 Å². The molecule has 21 heavy (non-hydrogen) atoms. The summed E-state index contributed by atoms with van der Waals surface area (Å²) in [6.45, 7) is 12.0. The van der Waals surface area contributed by atoms with E-state index in [2.05, 4.69) is 40.7 Å². The molecule has 0 aromatic carbocycles. The van der Waals surface area contributed by atoms with Crippen LogP contribution < -0.4 is 5.73 Å². The summed E-state index contributed by atoms with van der Waals surface area (Å²) in [5.74, 6) is 0.975. The lowest BCUT2D eigenvalue weighted by Gasteiger charge is -2.47. The van der Waals surface area contributed by atoms with E-state index in [1.54, 1.807) is 0 Å². The minimum Gasteiger partial charge on any atom is -0.341 e. The predicted octanol–water partition coefficient (Wildman–Crippen LogP) is 2.78. The summed E-state index contributed by atoms with van der Waals surface area (Å²) in [6, 6.07) is 2.33. The molecule has 2 N–H and O–H groups in total. The molecule has 1 saturated carbocycles. The lowest BCUT2D eigenvalue weighted by Crippen LogP contribution is -2.53. The van der Waals surface area contributed by atoms with Gasteiger partial charge in [0.25, 0.3) is 0 Å². The molecule has 0 spiro atoms. The molecular formula is C17H31N3O. The summed E-state index contributed by atoms with van der Waals surface area (Å²) in [6.07, 6.45) is 2.17. The van der Waals surface area contributed by atoms with Crippen LogP contribution in [0.4, 0.5) is 0 Å². The fourth-order valence-electron chi connectivity index (χ4n) is 3.43. The molecule has 1 rings (SSSR count). The smallest absolute Gasteiger partial charge is 0.226 e. The number of nitriles is 1. The Morgan fingerprint density at radius 1 is 1.43 bits per heavy atom. The van der Waals surface area contributed by atoms with Crippen LogP contribution in [0.5, 0.6) is 0 Å². The number of carbonyl (C=O) groups excluding carboxylic acids is 1. The Kier molecular flexibility index (Phi) is 6.22. The molecule has 0 radical (unpaired) electrons. The van der Waals surface area contributed by atoms with Gasteiger partial charge in [-0.05, 0) is 30.1 Å². The van der Waals surface area contributed by atoms with Crippen LogP contribution in [0.25, 0.3) is 0 Å². The van der Waals surface area contributed by atoms with E-state index < -0.39 is 0 Å². The van der Waals surface area contributed by atoms with Gasteiger partial charge in [0, 0.05) is 25.0 Å². The van der Waals surface area contributed by atoms with Gasteiger partial charge in [-0.15, -0.1) is 0 Å². The van der Waals surface area contributed by atoms with Gasteiger partial charge in [-0.25, -0.2) is 0 Å². The summed E-state index contributed by atoms with van der Waals surface area (Å²) in [4.78, 5) is 14.9. The van der Waals surface area contributed by atoms with Gasteiger partial charge in [0.1, 0.15) is 0 Å². The Balaban J connectivity index is 2.89. The molecule has 0 saturated heterocycles. The first kappa shape index (κ1) is 18.0. The first-order chi connectivity index (χ1) is 9.71. The molecule has 4 nitrogen and oxygen atoms in total. The van der Waals surface area contributed by atoms with E-state index in [-0.39, 0.29) is 23.3 Å². The molecule has 1 aliphatic rings. The van der Waals surface area contributed by atoms with Crippen molar-refractivity contribution in [1.29, 1.82) is 5.26 Å². The first-order valence-electron chi connectivity index (χ1n) is 8.13. The fourth-order valence-corrected chi connectivity index (χ4v) is 3.43. The molecule has 0 aromatic rings. The number of amides is 1. The van der Waals surface area contributed by atoms with Crippen molar-refractivity contribution < 1.29 is 4.79 Å². The maximum absolute atomic E-state index is 13.0. The molecule has 0 heterocycles. The van der Waals surface area contributed by atoms with Crippen LogP contribution in [-0.4, -0.2) is 29.9 Å². The van der Waals surface area contributed by atoms with Crippen molar-refractivity contribution >= 4 is 5.91 Å². The summed E-state index contributed by atoms with van der Waals surface area (Å²) >= 11 is 0. The third kappa shape index (κ3) is 4.20. The van der Waals surface area contributed by atoms with E-state index >= 15 is 0 Å². The highest BCUT2D eigenvalue weighted by Crippen LogP contribution is 2.45. The maximum Gasteiger partial charge on any atom is 0.226 e. The molecule has 0 aromatic heterocycles. The molecule has 0 bridgehead atoms. The van der Waals surface area contributed by atoms with Crippen molar-refractivity contribution in [3.05, 3.63) is 0 Å². The molecule has 120 valence electrons. The standard InChI is InChI=1S/C17H31N3O/c1-12(2)11-20(10-6-9-18)16(21)14-7-8-15(19)13(3)17(14,4)5/h12-15H,6-8,10-11,19H2,1-5H3. The van der Waals surface area contributed by atoms with Crippen LogP contribution >= 0.6 is 0 Å². The van der Waals surface area contributed by atoms with Crippen LogP contribution in [0.1, 0.15) is 53.9 Å². The second-order valence-electron chi connectivity index (χ2n) is 7.49. The SMILES string of the molecule is CC(C)CN(CCC#N)C(=O)C1CCC(N)C(C)C1(C)C. The van der Waals surface area contributed by atoms with E-state index in [4.69, 9.17) is 11.0 Å². The van der Waals surface area contributed by atoms with Crippen LogP contribution in [0, 0.1) is 34.5 Å². The Bertz CT molecular complexity index is 397. The van der Waals surface area contributed by atoms with Gasteiger partial charge in [0.15, 0.2) is 0 Å². The number of hydrogen-bond donors (Lipinski definition) is 1. The van der Waals surface area contributed by atoms with Crippen molar-refractivity contribution in [1.82, 2.24) is 4.90 Å². The number of hydrogen-bond acceptors (Lipinski definition) is 3. The second kappa shape index (κ2) is 7.26. The Labute approximate surface area is 129 Å². The summed E-state index contributed by atoms with van der Waals surface area (Å²) in [5, 5.41) is 8.82. The third-order valence-electron chi connectivity index (χ3n) is 5.19. The highest BCUT2D eigenvalue weighted by atomic mass is 16.2. The summed E-state index contributed by atoms with van der Waals surface area (Å²) in [7, 11) is 0. The monoisotopic (exact) mass is 293 g/mol. The topological polar surface area (TPSA) is 70.1 Å². The van der Waals surface area contributed by atoms with Gasteiger partial charge in [-0.1, -0.05) is 34.6 Å². The number of carbonyl (C=O) groups is 1. The average molecular weight is 293 g/mol. The van der Waals surface area contributed by atoms with E-state index in [0.717, 1.165) is 19.4 Å². The fraction of sp³-hybridized carbons (Fsp3) is 0.882. The Hall–Kier alpha value is -1.08. The highest BCUT2D eigenvalue weighted by molar-refractivity contribution is 5.80. The quantitative estimate of drug-likeness (QED) is 0.847. The van der Waals surface area contributed by atoms with Gasteiger partial charge in [-0.2, -0.15) is 5.26 Å². The van der Waals surface area contributed by atoms with E-state index in [9.17, 15) is 4.79 Å². The Morgan fingerprint density at radius 2 is 2.05 bits per heavy atom. The van der Waals surface area contributed by atoms with E-state index in [0.29, 0.717) is 24.8 Å². The first-order valence-corrected chi connectivity index (χ1v) is 8.13. The molecule has 1 aliphatic carbocycles. The molecule has 4 heteroatoms. The minimum atomic E-state index is -0.0867. The predicted molar refractivity (Wildman–Crippen MR) is 85.3 cm³/mol. The lowest BCUT2D eigenvalue weighted by atomic mass is 9.60. The Morgan fingerprint density at radius 3 is 2.57 bits per heavy atom. The molecule has 1 amide bonds. The lowest BCUT2D eigenvalue weighted by molar-refractivity contribution is -0.144. The van der Waals surface area contributed by atoms with Crippen LogP contribution in [0.15, 0.2) is 0 Å². The second-order valence-corrected chi connectivity index (χ2v) is 7.49. The van der Waals surface area contributed by atoms with Crippen molar-refractivity contribution in [2.45, 2.75) is 59.9 Å². The third-order valence-corrected chi connectivity index (χ3v) is 5.19. The molecular weight excluding hydrogens is 262 g/mol. The molecule has 3 atom stereocenters. The van der Waals surface area contributed by atoms with Crippen molar-refractivity contribution in [2.75, 3.05) is 13.1 Å². The van der Waals surface area contributed by atoms with Crippen molar-refractivity contribution in [3.63, 3.8) is 0 Å². The maximum atomic E-state index is 13.0. The summed E-state index contributed by atoms with van der Waals surface area (Å²) < 4.78 is 0. The largest absolute Gasteiger partial charge is 0.341 e. The van der Waals surface area contributed by atoms with Gasteiger partial charge in [-0.3, -0.25) is 4.79 Å². The van der Waals surface area contributed by atoms with Gasteiger partial charge in [0.2, 0.25) is 5.91 Å². The minimum absolute atomic E-state index is 0.0183. The van der Waals surface area contributed by atoms with Gasteiger partial charge in [0.05, 0.1) is 12.5 Å². The molecule has 1 fully saturated rings. The van der Waals surface area contributed by atoms with Crippen molar-refractivity contribution in [2.24, 2.45) is 28.9 Å². The van der Waals surface area contributed by atoms with E-state index in [1.807, 2.05) is 4.90 Å². The number of nitrogens with zero attached hydrogens (tertiary/aromatic N) is 2. The highest BCUT2D eigenvalue weighted by Gasteiger charge is 2.46. The van der Waals surface area contributed by atoms with Crippen LogP contribution in [0.3, 0.4) is 0 Å². The number of nitrogens with two attached hydrogens (primary N) is 1. The normalized spacial score (nSPS) is 28.2. The average Bonchev–Trinajstić information content (AvgIpc) is 2.40. The van der Waals surface area contributed by atoms with Crippen molar-refractivity contribution in [3.8, 4) is 6.07 Å².